The number of hydrogen-bond acceptors (Lipinski definition) is 6. The molecule has 0 saturated carbocycles. The maximum atomic E-state index is 13.0. The number of amides is 2. The van der Waals surface area contributed by atoms with E-state index in [9.17, 15) is 19.5 Å². The highest BCUT2D eigenvalue weighted by molar-refractivity contribution is 5.94. The van der Waals surface area contributed by atoms with Crippen molar-refractivity contribution < 1.29 is 24.2 Å². The summed E-state index contributed by atoms with van der Waals surface area (Å²) in [4.78, 5) is 44.9. The number of ether oxygens (including phenoxy) is 1. The number of aliphatic hydroxyl groups is 1. The SMILES string of the molecule is COC(=O)c1ccc(C(=O)N2C[C@H]3C[C@@H](C2)[C@H](CO)N2C(=O)CCC[C@@H]32)nc1. The number of methoxy groups -OCH3 is 1. The van der Waals surface area contributed by atoms with E-state index in [4.69, 9.17) is 0 Å². The van der Waals surface area contributed by atoms with Crippen molar-refractivity contribution in [2.75, 3.05) is 26.8 Å². The summed E-state index contributed by atoms with van der Waals surface area (Å²) in [7, 11) is 1.30. The lowest BCUT2D eigenvalue weighted by Crippen LogP contribution is -2.66. The zero-order valence-electron chi connectivity index (χ0n) is 15.9. The molecule has 1 aromatic rings. The van der Waals surface area contributed by atoms with Crippen LogP contribution >= 0.6 is 0 Å². The molecule has 2 bridgehead atoms. The summed E-state index contributed by atoms with van der Waals surface area (Å²) in [6, 6.07) is 2.95. The fraction of sp³-hybridized carbons (Fsp3) is 0.600. The zero-order valence-corrected chi connectivity index (χ0v) is 15.9. The Balaban J connectivity index is 1.54. The van der Waals surface area contributed by atoms with Gasteiger partial charge in [-0.2, -0.15) is 0 Å². The van der Waals surface area contributed by atoms with Gasteiger partial charge in [0.1, 0.15) is 5.69 Å². The van der Waals surface area contributed by atoms with Gasteiger partial charge in [0.05, 0.1) is 25.3 Å². The average Bonchev–Trinajstić information content (AvgIpc) is 2.73. The van der Waals surface area contributed by atoms with Gasteiger partial charge in [0.15, 0.2) is 0 Å². The Morgan fingerprint density at radius 3 is 2.75 bits per heavy atom. The van der Waals surface area contributed by atoms with Crippen molar-refractivity contribution in [3.8, 4) is 0 Å². The summed E-state index contributed by atoms with van der Waals surface area (Å²) in [5.74, 6) is -0.250. The van der Waals surface area contributed by atoms with Crippen LogP contribution in [0.25, 0.3) is 0 Å². The summed E-state index contributed by atoms with van der Waals surface area (Å²) < 4.78 is 4.66. The number of nitrogens with zero attached hydrogens (tertiary/aromatic N) is 3. The van der Waals surface area contributed by atoms with Gasteiger partial charge in [-0.3, -0.25) is 14.6 Å². The van der Waals surface area contributed by atoms with Crippen LogP contribution in [-0.2, 0) is 9.53 Å². The van der Waals surface area contributed by atoms with Crippen molar-refractivity contribution in [3.63, 3.8) is 0 Å². The van der Waals surface area contributed by atoms with Gasteiger partial charge in [-0.25, -0.2) is 4.79 Å². The van der Waals surface area contributed by atoms with Crippen LogP contribution < -0.4 is 0 Å². The van der Waals surface area contributed by atoms with Crippen LogP contribution in [0.2, 0.25) is 0 Å². The van der Waals surface area contributed by atoms with Crippen molar-refractivity contribution in [3.05, 3.63) is 29.6 Å². The van der Waals surface area contributed by atoms with E-state index >= 15 is 0 Å². The minimum atomic E-state index is -0.494. The quantitative estimate of drug-likeness (QED) is 0.767. The van der Waals surface area contributed by atoms with Crippen molar-refractivity contribution >= 4 is 17.8 Å². The van der Waals surface area contributed by atoms with Crippen molar-refractivity contribution in [2.24, 2.45) is 11.8 Å². The first-order chi connectivity index (χ1) is 13.5. The third-order valence-corrected chi connectivity index (χ3v) is 6.37. The second kappa shape index (κ2) is 7.50. The van der Waals surface area contributed by atoms with E-state index in [1.165, 1.54) is 19.4 Å². The average molecular weight is 387 g/mol. The predicted octanol–water partition coefficient (Wildman–Crippen LogP) is 0.702. The fourth-order valence-electron chi connectivity index (χ4n) is 5.10. The minimum Gasteiger partial charge on any atom is -0.465 e. The second-order valence-corrected chi connectivity index (χ2v) is 7.90. The highest BCUT2D eigenvalue weighted by Crippen LogP contribution is 2.41. The first kappa shape index (κ1) is 18.9. The highest BCUT2D eigenvalue weighted by Gasteiger charge is 2.49. The van der Waals surface area contributed by atoms with Gasteiger partial charge in [-0.15, -0.1) is 0 Å². The fourth-order valence-corrected chi connectivity index (χ4v) is 5.10. The first-order valence-corrected chi connectivity index (χ1v) is 9.79. The number of likely N-dealkylation sites (tertiary alicyclic amines) is 1. The normalized spacial score (nSPS) is 29.3. The number of esters is 1. The van der Waals surface area contributed by atoms with Gasteiger partial charge < -0.3 is 19.6 Å². The van der Waals surface area contributed by atoms with Crippen LogP contribution in [0.1, 0.15) is 46.5 Å². The number of carbonyl (C=O) groups excluding carboxylic acids is 3. The van der Waals surface area contributed by atoms with Crippen LogP contribution in [-0.4, -0.2) is 76.6 Å². The maximum absolute atomic E-state index is 13.0. The molecule has 0 aromatic carbocycles. The summed E-state index contributed by atoms with van der Waals surface area (Å²) in [5.41, 5.74) is 0.580. The number of hydrogen-bond donors (Lipinski definition) is 1. The Kier molecular flexibility index (Phi) is 5.05. The molecule has 8 heteroatoms. The summed E-state index contributed by atoms with van der Waals surface area (Å²) in [5, 5.41) is 9.95. The minimum absolute atomic E-state index is 0.0698. The summed E-state index contributed by atoms with van der Waals surface area (Å²) in [6.07, 6.45) is 4.61. The third-order valence-electron chi connectivity index (χ3n) is 6.37. The monoisotopic (exact) mass is 387 g/mol. The van der Waals surface area contributed by atoms with E-state index in [2.05, 4.69) is 9.72 Å². The molecule has 4 rings (SSSR count). The van der Waals surface area contributed by atoms with E-state index in [1.807, 2.05) is 4.90 Å². The molecule has 3 saturated heterocycles. The lowest BCUT2D eigenvalue weighted by atomic mass is 9.72. The van der Waals surface area contributed by atoms with E-state index in [0.29, 0.717) is 25.1 Å². The predicted molar refractivity (Wildman–Crippen MR) is 98.4 cm³/mol. The molecular formula is C20H25N3O5. The second-order valence-electron chi connectivity index (χ2n) is 7.90. The van der Waals surface area contributed by atoms with Gasteiger partial charge in [0.25, 0.3) is 5.91 Å². The lowest BCUT2D eigenvalue weighted by molar-refractivity contribution is -0.154. The van der Waals surface area contributed by atoms with E-state index in [1.54, 1.807) is 11.0 Å². The molecule has 0 aliphatic carbocycles. The van der Waals surface area contributed by atoms with Crippen LogP contribution in [0.5, 0.6) is 0 Å². The number of rotatable bonds is 3. The number of aromatic nitrogens is 1. The Bertz CT molecular complexity index is 767. The van der Waals surface area contributed by atoms with Crippen LogP contribution in [0.3, 0.4) is 0 Å². The summed E-state index contributed by atoms with van der Waals surface area (Å²) in [6.45, 7) is 1.01. The molecule has 0 unspecified atom stereocenters. The first-order valence-electron chi connectivity index (χ1n) is 9.79. The Hall–Kier alpha value is -2.48. The molecule has 4 heterocycles. The molecule has 4 atom stereocenters. The molecule has 28 heavy (non-hydrogen) atoms. The van der Waals surface area contributed by atoms with E-state index in [0.717, 1.165) is 19.3 Å². The van der Waals surface area contributed by atoms with Gasteiger partial charge >= 0.3 is 5.97 Å². The van der Waals surface area contributed by atoms with Gasteiger partial charge in [0.2, 0.25) is 5.91 Å². The molecule has 1 aromatic heterocycles. The molecule has 1 N–H and O–H groups in total. The van der Waals surface area contributed by atoms with E-state index in [-0.39, 0.29) is 48.0 Å². The van der Waals surface area contributed by atoms with Crippen molar-refractivity contribution in [1.82, 2.24) is 14.8 Å². The Labute approximate surface area is 163 Å². The lowest BCUT2D eigenvalue weighted by Gasteiger charge is -2.56. The van der Waals surface area contributed by atoms with Gasteiger partial charge in [-0.05, 0) is 43.2 Å². The molecule has 3 aliphatic heterocycles. The highest BCUT2D eigenvalue weighted by atomic mass is 16.5. The molecule has 8 nitrogen and oxygen atoms in total. The van der Waals surface area contributed by atoms with Crippen LogP contribution in [0.15, 0.2) is 18.3 Å². The largest absolute Gasteiger partial charge is 0.465 e. The van der Waals surface area contributed by atoms with Gasteiger partial charge in [0, 0.05) is 31.7 Å². The molecule has 2 amide bonds. The third kappa shape index (κ3) is 3.15. The Morgan fingerprint density at radius 1 is 1.29 bits per heavy atom. The number of aliphatic hydroxyl groups excluding tert-OH is 1. The van der Waals surface area contributed by atoms with E-state index < -0.39 is 5.97 Å². The summed E-state index contributed by atoms with van der Waals surface area (Å²) >= 11 is 0. The Morgan fingerprint density at radius 2 is 2.07 bits per heavy atom. The van der Waals surface area contributed by atoms with Gasteiger partial charge in [-0.1, -0.05) is 0 Å². The number of fused-ring (bicyclic) bond motifs is 4. The molecule has 0 radical (unpaired) electrons. The molecule has 3 fully saturated rings. The smallest absolute Gasteiger partial charge is 0.339 e. The number of carbonyl (C=O) groups is 3. The molecule has 150 valence electrons. The number of pyridine rings is 1. The molecule has 0 spiro atoms. The number of piperidine rings is 3. The van der Waals surface area contributed by atoms with Crippen LogP contribution in [0.4, 0.5) is 0 Å². The van der Waals surface area contributed by atoms with Crippen molar-refractivity contribution in [2.45, 2.75) is 37.8 Å². The molecule has 3 aliphatic rings. The van der Waals surface area contributed by atoms with Crippen molar-refractivity contribution in [1.29, 1.82) is 0 Å². The maximum Gasteiger partial charge on any atom is 0.339 e. The molecular weight excluding hydrogens is 362 g/mol. The zero-order chi connectivity index (χ0) is 19.8. The van der Waals surface area contributed by atoms with Crippen LogP contribution in [0, 0.1) is 11.8 Å². The standard InChI is InChI=1S/C20H25N3O5/c1-28-20(27)12-5-6-15(21-8-12)19(26)22-9-13-7-14(10-22)17(11-24)23-16(13)3-2-4-18(23)25/h5-6,8,13-14,16-17,24H,2-4,7,9-11H2,1H3/t13-,14+,16+,17+/m1/s1. The topological polar surface area (TPSA) is 100 Å².